The lowest BCUT2D eigenvalue weighted by Gasteiger charge is -2.07. The smallest absolute Gasteiger partial charge is 0.105 e. The summed E-state index contributed by atoms with van der Waals surface area (Å²) in [6.45, 7) is 0. The summed E-state index contributed by atoms with van der Waals surface area (Å²) >= 11 is 0. The Labute approximate surface area is 134 Å². The van der Waals surface area contributed by atoms with E-state index < -0.39 is 0 Å². The van der Waals surface area contributed by atoms with Crippen LogP contribution in [0, 0.1) is 0 Å². The molecule has 0 aromatic heterocycles. The Balaban J connectivity index is 1.96. The highest BCUT2D eigenvalue weighted by atomic mass is 15.1. The van der Waals surface area contributed by atoms with E-state index in [4.69, 9.17) is 5.73 Å². The number of benzene rings is 2. The van der Waals surface area contributed by atoms with E-state index in [1.807, 2.05) is 60.7 Å². The Hall–Kier alpha value is -3.27. The lowest BCUT2D eigenvalue weighted by Crippen LogP contribution is -1.91. The van der Waals surface area contributed by atoms with Gasteiger partial charge in [-0.25, -0.2) is 0 Å². The molecule has 2 N–H and O–H groups in total. The average Bonchev–Trinajstić information content (AvgIpc) is 2.99. The van der Waals surface area contributed by atoms with Gasteiger partial charge in [0.25, 0.3) is 0 Å². The number of aromatic nitrogens is 3. The van der Waals surface area contributed by atoms with E-state index in [2.05, 4.69) is 15.2 Å². The molecule has 0 unspecified atom stereocenters. The van der Waals surface area contributed by atoms with E-state index in [0.29, 0.717) is 5.69 Å². The van der Waals surface area contributed by atoms with Crippen molar-refractivity contribution in [3.05, 3.63) is 73.1 Å². The lowest BCUT2D eigenvalue weighted by molar-refractivity contribution is 1.10. The third-order valence-electron chi connectivity index (χ3n) is 3.85. The zero-order valence-corrected chi connectivity index (χ0v) is 12.3. The Morgan fingerprint density at radius 3 is 2.30 bits per heavy atom. The molecule has 2 aliphatic rings. The first-order valence-electron chi connectivity index (χ1n) is 7.35. The number of anilines is 1. The van der Waals surface area contributed by atoms with Gasteiger partial charge >= 0.3 is 0 Å². The first-order chi connectivity index (χ1) is 11.3. The molecule has 0 spiro atoms. The largest absolute Gasteiger partial charge is 0.398 e. The first kappa shape index (κ1) is 13.4. The molecule has 2 aromatic carbocycles. The van der Waals surface area contributed by atoms with Crippen LogP contribution in [0.1, 0.15) is 0 Å². The Morgan fingerprint density at radius 2 is 1.48 bits per heavy atom. The van der Waals surface area contributed by atoms with E-state index >= 15 is 0 Å². The molecule has 2 heterocycles. The van der Waals surface area contributed by atoms with Crippen LogP contribution < -0.4 is 5.73 Å². The predicted molar refractivity (Wildman–Crippen MR) is 91.7 cm³/mol. The highest BCUT2D eigenvalue weighted by molar-refractivity contribution is 5.91. The molecule has 0 radical (unpaired) electrons. The zero-order chi connectivity index (χ0) is 15.6. The number of nitrogen functional groups attached to an aromatic ring is 1. The molecule has 110 valence electrons. The maximum absolute atomic E-state index is 6.13. The van der Waals surface area contributed by atoms with Gasteiger partial charge in [-0.1, -0.05) is 48.5 Å². The van der Waals surface area contributed by atoms with Crippen molar-refractivity contribution in [1.29, 1.82) is 0 Å². The van der Waals surface area contributed by atoms with Crippen molar-refractivity contribution in [3.63, 3.8) is 0 Å². The summed E-state index contributed by atoms with van der Waals surface area (Å²) in [5.74, 6) is 0. The number of para-hydroxylation sites is 1. The van der Waals surface area contributed by atoms with Crippen molar-refractivity contribution in [2.45, 2.75) is 0 Å². The van der Waals surface area contributed by atoms with Gasteiger partial charge in [0.2, 0.25) is 0 Å². The van der Waals surface area contributed by atoms with E-state index in [-0.39, 0.29) is 0 Å². The number of hydrogen-bond acceptors (Lipinski definition) is 4. The molecule has 23 heavy (non-hydrogen) atoms. The first-order valence-corrected chi connectivity index (χ1v) is 7.35. The second-order valence-corrected chi connectivity index (χ2v) is 5.27. The van der Waals surface area contributed by atoms with Crippen LogP contribution in [0.3, 0.4) is 0 Å². The van der Waals surface area contributed by atoms with Gasteiger partial charge in [0.15, 0.2) is 0 Å². The van der Waals surface area contributed by atoms with Crippen LogP contribution in [0.4, 0.5) is 5.69 Å². The molecule has 0 aliphatic carbocycles. The highest BCUT2D eigenvalue weighted by Crippen LogP contribution is 2.37. The van der Waals surface area contributed by atoms with Gasteiger partial charge in [-0.05, 0) is 12.1 Å². The summed E-state index contributed by atoms with van der Waals surface area (Å²) in [5.41, 5.74) is 12.3. The quantitative estimate of drug-likeness (QED) is 0.570. The standard InChI is InChI=1S/C19H14N4/c20-17-9-5-4-8-14(17)15-10-11-21-18(13-6-2-1-3-7-13)16-12-22-23-19(15)16/h1-12H,20H2. The molecule has 0 fully saturated rings. The maximum Gasteiger partial charge on any atom is 0.105 e. The Bertz CT molecular complexity index is 935. The van der Waals surface area contributed by atoms with E-state index in [9.17, 15) is 0 Å². The van der Waals surface area contributed by atoms with Crippen LogP contribution in [0.2, 0.25) is 0 Å². The highest BCUT2D eigenvalue weighted by Gasteiger charge is 2.18. The Morgan fingerprint density at radius 1 is 0.696 bits per heavy atom. The minimum Gasteiger partial charge on any atom is -0.398 e. The summed E-state index contributed by atoms with van der Waals surface area (Å²) in [6.07, 6.45) is 3.55. The van der Waals surface area contributed by atoms with Crippen LogP contribution in [-0.2, 0) is 0 Å². The monoisotopic (exact) mass is 298 g/mol. The van der Waals surface area contributed by atoms with Gasteiger partial charge in [0.1, 0.15) is 5.69 Å². The van der Waals surface area contributed by atoms with Crippen molar-refractivity contribution < 1.29 is 0 Å². The third-order valence-corrected chi connectivity index (χ3v) is 3.85. The van der Waals surface area contributed by atoms with Gasteiger partial charge in [-0.2, -0.15) is 5.10 Å². The minimum absolute atomic E-state index is 0.712. The summed E-state index contributed by atoms with van der Waals surface area (Å²) in [6, 6.07) is 19.7. The SMILES string of the molecule is Nc1ccccc1-c1ccnc(-c2ccccc2)c2cnnc1-2. The number of fused-ring (bicyclic) bond motifs is 1. The second-order valence-electron chi connectivity index (χ2n) is 5.27. The van der Waals surface area contributed by atoms with Crippen molar-refractivity contribution in [2.75, 3.05) is 5.73 Å². The molecule has 0 bridgehead atoms. The predicted octanol–water partition coefficient (Wildman–Crippen LogP) is 3.89. The van der Waals surface area contributed by atoms with Gasteiger partial charge in [0.05, 0.1) is 11.9 Å². The summed E-state index contributed by atoms with van der Waals surface area (Å²) in [4.78, 5) is 4.61. The summed E-state index contributed by atoms with van der Waals surface area (Å²) in [5, 5.41) is 8.42. The van der Waals surface area contributed by atoms with Crippen LogP contribution in [0.15, 0.2) is 73.1 Å². The molecular weight excluding hydrogens is 284 g/mol. The third kappa shape index (κ3) is 2.30. The van der Waals surface area contributed by atoms with Crippen molar-refractivity contribution >= 4 is 5.69 Å². The van der Waals surface area contributed by atoms with E-state index in [1.54, 1.807) is 12.4 Å². The van der Waals surface area contributed by atoms with E-state index in [0.717, 1.165) is 33.6 Å². The van der Waals surface area contributed by atoms with Crippen molar-refractivity contribution in [1.82, 2.24) is 15.2 Å². The second kappa shape index (κ2) is 5.50. The molecule has 4 rings (SSSR count). The fraction of sp³-hybridized carbons (Fsp3) is 0. The van der Waals surface area contributed by atoms with Crippen LogP contribution in [0.5, 0.6) is 0 Å². The molecule has 2 aliphatic heterocycles. The fourth-order valence-electron chi connectivity index (χ4n) is 2.75. The van der Waals surface area contributed by atoms with Gasteiger partial charge < -0.3 is 5.73 Å². The average molecular weight is 298 g/mol. The fourth-order valence-corrected chi connectivity index (χ4v) is 2.75. The summed E-state index contributed by atoms with van der Waals surface area (Å²) < 4.78 is 0. The molecule has 0 atom stereocenters. The lowest BCUT2D eigenvalue weighted by atomic mass is 9.98. The molecule has 0 amide bonds. The number of nitrogens with zero attached hydrogens (tertiary/aromatic N) is 3. The number of nitrogens with two attached hydrogens (primary N) is 1. The number of rotatable bonds is 2. The molecule has 0 saturated heterocycles. The Kier molecular flexibility index (Phi) is 3.20. The number of hydrogen-bond donors (Lipinski definition) is 1. The zero-order valence-electron chi connectivity index (χ0n) is 12.3. The topological polar surface area (TPSA) is 64.7 Å². The van der Waals surface area contributed by atoms with Crippen LogP contribution in [-0.4, -0.2) is 15.2 Å². The molecule has 4 heteroatoms. The molecule has 2 aromatic rings. The maximum atomic E-state index is 6.13. The summed E-state index contributed by atoms with van der Waals surface area (Å²) in [7, 11) is 0. The normalized spacial score (nSPS) is 10.8. The van der Waals surface area contributed by atoms with Crippen LogP contribution in [0.25, 0.3) is 33.6 Å². The van der Waals surface area contributed by atoms with Gasteiger partial charge in [0, 0.05) is 34.1 Å². The molecule has 0 saturated carbocycles. The van der Waals surface area contributed by atoms with Gasteiger partial charge in [-0.15, -0.1) is 5.10 Å². The van der Waals surface area contributed by atoms with Gasteiger partial charge in [-0.3, -0.25) is 4.98 Å². The van der Waals surface area contributed by atoms with Crippen molar-refractivity contribution in [2.24, 2.45) is 0 Å². The van der Waals surface area contributed by atoms with Crippen molar-refractivity contribution in [3.8, 4) is 33.6 Å². The molecular formula is C19H14N4. The van der Waals surface area contributed by atoms with E-state index in [1.165, 1.54) is 0 Å². The van der Waals surface area contributed by atoms with Crippen LogP contribution >= 0.6 is 0 Å². The minimum atomic E-state index is 0.712. The molecule has 4 nitrogen and oxygen atoms in total.